The number of carbonyl (C=O) groups is 3. The zero-order valence-electron chi connectivity index (χ0n) is 13.2. The van der Waals surface area contributed by atoms with E-state index in [-0.39, 0.29) is 6.54 Å². The maximum atomic E-state index is 12.4. The van der Waals surface area contributed by atoms with E-state index in [1.807, 2.05) is 0 Å². The van der Waals surface area contributed by atoms with Crippen molar-refractivity contribution >= 4 is 17.9 Å². The van der Waals surface area contributed by atoms with Crippen molar-refractivity contribution in [1.29, 1.82) is 0 Å². The van der Waals surface area contributed by atoms with Crippen molar-refractivity contribution in [2.45, 2.75) is 13.0 Å². The number of benzene rings is 2. The van der Waals surface area contributed by atoms with E-state index in [2.05, 4.69) is 5.32 Å². The monoisotopic (exact) mass is 326 g/mol. The summed E-state index contributed by atoms with van der Waals surface area (Å²) in [5, 5.41) is 11.8. The number of carboxylic acids is 1. The Kier molecular flexibility index (Phi) is 5.68. The molecule has 24 heavy (non-hydrogen) atoms. The summed E-state index contributed by atoms with van der Waals surface area (Å²) in [5.41, 5.74) is 0.794. The first-order chi connectivity index (χ1) is 11.5. The van der Waals surface area contributed by atoms with Gasteiger partial charge in [0.1, 0.15) is 0 Å². The van der Waals surface area contributed by atoms with Gasteiger partial charge in [-0.2, -0.15) is 0 Å². The number of urea groups is 1. The second-order valence-electron chi connectivity index (χ2n) is 5.05. The molecule has 0 aliphatic carbocycles. The topological polar surface area (TPSA) is 86.7 Å². The molecule has 0 aromatic heterocycles. The van der Waals surface area contributed by atoms with E-state index in [0.29, 0.717) is 11.1 Å². The summed E-state index contributed by atoms with van der Waals surface area (Å²) in [7, 11) is 0. The molecule has 6 nitrogen and oxygen atoms in total. The lowest BCUT2D eigenvalue weighted by Crippen LogP contribution is -2.46. The van der Waals surface area contributed by atoms with Crippen LogP contribution in [0.5, 0.6) is 0 Å². The van der Waals surface area contributed by atoms with Gasteiger partial charge in [0.2, 0.25) is 0 Å². The Balaban J connectivity index is 2.19. The van der Waals surface area contributed by atoms with Crippen LogP contribution in [0.2, 0.25) is 0 Å². The van der Waals surface area contributed by atoms with Gasteiger partial charge in [-0.1, -0.05) is 48.5 Å². The maximum absolute atomic E-state index is 12.4. The molecule has 1 unspecified atom stereocenters. The SMILES string of the molecule is CCN(C(=O)NC(C(=O)O)c1ccccc1)C(=O)c1ccccc1. The number of hydrogen-bond donors (Lipinski definition) is 2. The van der Waals surface area contributed by atoms with Crippen molar-refractivity contribution in [3.63, 3.8) is 0 Å². The van der Waals surface area contributed by atoms with Gasteiger partial charge < -0.3 is 10.4 Å². The normalized spacial score (nSPS) is 11.4. The molecule has 124 valence electrons. The molecule has 2 rings (SSSR count). The number of carboxylic acid groups (broad SMARTS) is 1. The number of hydrogen-bond acceptors (Lipinski definition) is 3. The van der Waals surface area contributed by atoms with Crippen molar-refractivity contribution < 1.29 is 19.5 Å². The highest BCUT2D eigenvalue weighted by molar-refractivity contribution is 6.04. The lowest BCUT2D eigenvalue weighted by Gasteiger charge is -2.22. The molecule has 0 radical (unpaired) electrons. The van der Waals surface area contributed by atoms with Crippen molar-refractivity contribution in [3.05, 3.63) is 71.8 Å². The van der Waals surface area contributed by atoms with E-state index in [0.717, 1.165) is 4.90 Å². The van der Waals surface area contributed by atoms with E-state index in [9.17, 15) is 19.5 Å². The van der Waals surface area contributed by atoms with Crippen LogP contribution in [0.4, 0.5) is 4.79 Å². The molecule has 2 aromatic rings. The minimum absolute atomic E-state index is 0.126. The molecule has 0 bridgehead atoms. The van der Waals surface area contributed by atoms with Gasteiger partial charge in [-0.05, 0) is 24.6 Å². The van der Waals surface area contributed by atoms with Crippen LogP contribution < -0.4 is 5.32 Å². The highest BCUT2D eigenvalue weighted by atomic mass is 16.4. The molecular weight excluding hydrogens is 308 g/mol. The van der Waals surface area contributed by atoms with Crippen molar-refractivity contribution in [3.8, 4) is 0 Å². The van der Waals surface area contributed by atoms with Crippen molar-refractivity contribution in [1.82, 2.24) is 10.2 Å². The first kappa shape index (κ1) is 17.2. The molecule has 0 aliphatic rings. The number of nitrogens with zero attached hydrogens (tertiary/aromatic N) is 1. The van der Waals surface area contributed by atoms with Crippen molar-refractivity contribution in [2.24, 2.45) is 0 Å². The molecule has 0 aliphatic heterocycles. The Hall–Kier alpha value is -3.15. The van der Waals surface area contributed by atoms with Crippen LogP contribution in [0.15, 0.2) is 60.7 Å². The third kappa shape index (κ3) is 3.98. The van der Waals surface area contributed by atoms with Gasteiger partial charge in [0.15, 0.2) is 6.04 Å². The fourth-order valence-corrected chi connectivity index (χ4v) is 2.25. The van der Waals surface area contributed by atoms with Gasteiger partial charge in [-0.3, -0.25) is 9.69 Å². The smallest absolute Gasteiger partial charge is 0.330 e. The third-order valence-corrected chi connectivity index (χ3v) is 3.47. The zero-order chi connectivity index (χ0) is 17.5. The standard InChI is InChI=1S/C18H18N2O4/c1-2-20(16(21)14-11-7-4-8-12-14)18(24)19-15(17(22)23)13-9-5-3-6-10-13/h3-12,15H,2H2,1H3,(H,19,24)(H,22,23). The van der Waals surface area contributed by atoms with Crippen LogP contribution in [0.25, 0.3) is 0 Å². The van der Waals surface area contributed by atoms with E-state index in [4.69, 9.17) is 0 Å². The number of amides is 3. The predicted molar refractivity (Wildman–Crippen MR) is 88.5 cm³/mol. The number of carbonyl (C=O) groups excluding carboxylic acids is 2. The van der Waals surface area contributed by atoms with Crippen LogP contribution in [0.1, 0.15) is 28.9 Å². The molecule has 0 fully saturated rings. The molecule has 1 atom stereocenters. The molecule has 0 heterocycles. The fourth-order valence-electron chi connectivity index (χ4n) is 2.25. The summed E-state index contributed by atoms with van der Waals surface area (Å²) in [4.78, 5) is 37.3. The van der Waals surface area contributed by atoms with Gasteiger partial charge >= 0.3 is 12.0 Å². The van der Waals surface area contributed by atoms with Crippen LogP contribution in [-0.2, 0) is 4.79 Å². The average molecular weight is 326 g/mol. The summed E-state index contributed by atoms with van der Waals surface area (Å²) in [5.74, 6) is -1.68. The van der Waals surface area contributed by atoms with E-state index >= 15 is 0 Å². The summed E-state index contributed by atoms with van der Waals surface area (Å²) >= 11 is 0. The summed E-state index contributed by atoms with van der Waals surface area (Å²) in [6, 6.07) is 14.7. The van der Waals surface area contributed by atoms with Crippen LogP contribution in [0, 0.1) is 0 Å². The van der Waals surface area contributed by atoms with Crippen LogP contribution in [0.3, 0.4) is 0 Å². The molecular formula is C18H18N2O4. The van der Waals surface area contributed by atoms with Gasteiger partial charge in [0, 0.05) is 12.1 Å². The van der Waals surface area contributed by atoms with Crippen LogP contribution >= 0.6 is 0 Å². The molecule has 0 saturated carbocycles. The van der Waals surface area contributed by atoms with Gasteiger partial charge in [0.05, 0.1) is 0 Å². The highest BCUT2D eigenvalue weighted by Gasteiger charge is 2.27. The lowest BCUT2D eigenvalue weighted by molar-refractivity contribution is -0.139. The van der Waals surface area contributed by atoms with Gasteiger partial charge in [-0.25, -0.2) is 9.59 Å². The Bertz CT molecular complexity index is 716. The molecule has 2 N–H and O–H groups in total. The number of aliphatic carboxylic acids is 1. The molecule has 6 heteroatoms. The molecule has 2 aromatic carbocycles. The third-order valence-electron chi connectivity index (χ3n) is 3.47. The second kappa shape index (κ2) is 7.92. The minimum atomic E-state index is -1.23. The quantitative estimate of drug-likeness (QED) is 0.884. The first-order valence-electron chi connectivity index (χ1n) is 7.49. The Labute approximate surface area is 139 Å². The van der Waals surface area contributed by atoms with E-state index in [1.165, 1.54) is 0 Å². The average Bonchev–Trinajstić information content (AvgIpc) is 2.61. The van der Waals surface area contributed by atoms with E-state index < -0.39 is 23.9 Å². The largest absolute Gasteiger partial charge is 0.479 e. The highest BCUT2D eigenvalue weighted by Crippen LogP contribution is 2.14. The number of imide groups is 1. The second-order valence-corrected chi connectivity index (χ2v) is 5.05. The Morgan fingerprint density at radius 1 is 1.00 bits per heavy atom. The van der Waals surface area contributed by atoms with Gasteiger partial charge in [-0.15, -0.1) is 0 Å². The minimum Gasteiger partial charge on any atom is -0.479 e. The maximum Gasteiger partial charge on any atom is 0.330 e. The number of rotatable bonds is 5. The van der Waals surface area contributed by atoms with E-state index in [1.54, 1.807) is 67.6 Å². The molecule has 3 amide bonds. The Morgan fingerprint density at radius 3 is 2.04 bits per heavy atom. The van der Waals surface area contributed by atoms with Crippen LogP contribution in [-0.4, -0.2) is 34.5 Å². The zero-order valence-corrected chi connectivity index (χ0v) is 13.2. The Morgan fingerprint density at radius 2 is 1.54 bits per heavy atom. The fraction of sp³-hybridized carbons (Fsp3) is 0.167. The summed E-state index contributed by atoms with van der Waals surface area (Å²) < 4.78 is 0. The molecule has 0 saturated heterocycles. The molecule has 0 spiro atoms. The summed E-state index contributed by atoms with van der Waals surface area (Å²) in [6.07, 6.45) is 0. The first-order valence-corrected chi connectivity index (χ1v) is 7.49. The van der Waals surface area contributed by atoms with Gasteiger partial charge in [0.25, 0.3) is 5.91 Å². The summed E-state index contributed by atoms with van der Waals surface area (Å²) in [6.45, 7) is 1.78. The lowest BCUT2D eigenvalue weighted by atomic mass is 10.1. The number of nitrogens with one attached hydrogen (secondary N) is 1. The van der Waals surface area contributed by atoms with Crippen molar-refractivity contribution in [2.75, 3.05) is 6.54 Å². The predicted octanol–water partition coefficient (Wildman–Crippen LogP) is 2.68.